The standard InChI is InChI=1S/C38H24N4/c1-2-12-26(13-3-1)38-41-34(24-35(42-38)33-19-8-9-22-39-33)27-14-10-15-28(23-27)37-31-21-20-25-11-4-5-16-29(25)36(31)30-17-6-7-18-32(30)40-37/h1-24H. The Morgan fingerprint density at radius 2 is 1.14 bits per heavy atom. The molecule has 8 rings (SSSR count). The summed E-state index contributed by atoms with van der Waals surface area (Å²) in [6, 6.07) is 47.9. The largest absolute Gasteiger partial charge is 0.255 e. The molecule has 0 atom stereocenters. The zero-order valence-corrected chi connectivity index (χ0v) is 22.6. The molecule has 0 aliphatic heterocycles. The Bertz CT molecular complexity index is 2170. The minimum atomic E-state index is 0.667. The molecule has 0 amide bonds. The minimum Gasteiger partial charge on any atom is -0.255 e. The first kappa shape index (κ1) is 24.1. The Labute approximate surface area is 243 Å². The fourth-order valence-corrected chi connectivity index (χ4v) is 5.73. The van der Waals surface area contributed by atoms with Crippen LogP contribution in [0.3, 0.4) is 0 Å². The molecule has 0 aliphatic rings. The number of benzene rings is 5. The molecule has 4 heteroatoms. The summed E-state index contributed by atoms with van der Waals surface area (Å²) in [6.07, 6.45) is 1.79. The fraction of sp³-hybridized carbons (Fsp3) is 0. The van der Waals surface area contributed by atoms with Crippen LogP contribution in [-0.2, 0) is 0 Å². The first-order chi connectivity index (χ1) is 20.8. The van der Waals surface area contributed by atoms with E-state index in [1.807, 2.05) is 54.6 Å². The van der Waals surface area contributed by atoms with E-state index in [4.69, 9.17) is 15.0 Å². The zero-order chi connectivity index (χ0) is 27.9. The van der Waals surface area contributed by atoms with Crippen LogP contribution in [0, 0.1) is 0 Å². The Morgan fingerprint density at radius 1 is 0.405 bits per heavy atom. The van der Waals surface area contributed by atoms with Crippen molar-refractivity contribution in [2.45, 2.75) is 0 Å². The third-order valence-corrected chi connectivity index (χ3v) is 7.71. The smallest absolute Gasteiger partial charge is 0.160 e. The average Bonchev–Trinajstić information content (AvgIpc) is 3.08. The molecule has 0 aliphatic carbocycles. The lowest BCUT2D eigenvalue weighted by atomic mass is 9.94. The second-order valence-corrected chi connectivity index (χ2v) is 10.3. The molecule has 0 fully saturated rings. The van der Waals surface area contributed by atoms with Gasteiger partial charge in [-0.1, -0.05) is 109 Å². The molecule has 0 saturated carbocycles. The first-order valence-corrected chi connectivity index (χ1v) is 14.0. The van der Waals surface area contributed by atoms with Crippen molar-refractivity contribution in [2.75, 3.05) is 0 Å². The van der Waals surface area contributed by atoms with Crippen molar-refractivity contribution in [1.29, 1.82) is 0 Å². The molecule has 8 aromatic rings. The van der Waals surface area contributed by atoms with Crippen LogP contribution >= 0.6 is 0 Å². The van der Waals surface area contributed by atoms with Gasteiger partial charge in [-0.05, 0) is 41.1 Å². The average molecular weight is 537 g/mol. The first-order valence-electron chi connectivity index (χ1n) is 14.0. The van der Waals surface area contributed by atoms with Crippen molar-refractivity contribution in [2.24, 2.45) is 0 Å². The maximum atomic E-state index is 5.20. The molecule has 4 nitrogen and oxygen atoms in total. The van der Waals surface area contributed by atoms with Crippen molar-refractivity contribution >= 4 is 32.4 Å². The molecule has 3 heterocycles. The second-order valence-electron chi connectivity index (χ2n) is 10.3. The van der Waals surface area contributed by atoms with Crippen LogP contribution < -0.4 is 0 Å². The number of hydrogen-bond acceptors (Lipinski definition) is 4. The highest BCUT2D eigenvalue weighted by molar-refractivity contribution is 6.22. The van der Waals surface area contributed by atoms with Gasteiger partial charge in [0.2, 0.25) is 0 Å². The second kappa shape index (κ2) is 10.0. The molecule has 196 valence electrons. The van der Waals surface area contributed by atoms with E-state index < -0.39 is 0 Å². The van der Waals surface area contributed by atoms with E-state index in [1.54, 1.807) is 6.20 Å². The molecule has 5 aromatic carbocycles. The van der Waals surface area contributed by atoms with Gasteiger partial charge in [-0.25, -0.2) is 15.0 Å². The van der Waals surface area contributed by atoms with Crippen LogP contribution in [0.25, 0.3) is 77.7 Å². The van der Waals surface area contributed by atoms with Crippen LogP contribution in [0.1, 0.15) is 0 Å². The van der Waals surface area contributed by atoms with Crippen LogP contribution in [0.5, 0.6) is 0 Å². The van der Waals surface area contributed by atoms with E-state index in [0.29, 0.717) is 5.82 Å². The van der Waals surface area contributed by atoms with Gasteiger partial charge in [0.25, 0.3) is 0 Å². The Kier molecular flexibility index (Phi) is 5.75. The predicted octanol–water partition coefficient (Wildman–Crippen LogP) is 9.39. The quantitative estimate of drug-likeness (QED) is 0.210. The molecular weight excluding hydrogens is 512 g/mol. The summed E-state index contributed by atoms with van der Waals surface area (Å²) in [6.45, 7) is 0. The summed E-state index contributed by atoms with van der Waals surface area (Å²) >= 11 is 0. The number of para-hydroxylation sites is 1. The molecule has 0 radical (unpaired) electrons. The van der Waals surface area contributed by atoms with Gasteiger partial charge in [0.05, 0.1) is 28.3 Å². The molecule has 0 saturated heterocycles. The molecular formula is C38H24N4. The number of fused-ring (bicyclic) bond motifs is 5. The number of pyridine rings is 2. The van der Waals surface area contributed by atoms with Crippen LogP contribution in [0.2, 0.25) is 0 Å². The minimum absolute atomic E-state index is 0.667. The van der Waals surface area contributed by atoms with Crippen LogP contribution in [0.15, 0.2) is 146 Å². The predicted molar refractivity (Wildman–Crippen MR) is 172 cm³/mol. The summed E-state index contributed by atoms with van der Waals surface area (Å²) in [5.41, 5.74) is 7.36. The van der Waals surface area contributed by atoms with Crippen LogP contribution in [0.4, 0.5) is 0 Å². The van der Waals surface area contributed by atoms with Gasteiger partial charge in [0.15, 0.2) is 5.82 Å². The van der Waals surface area contributed by atoms with Gasteiger partial charge in [0, 0.05) is 39.0 Å². The topological polar surface area (TPSA) is 51.6 Å². The lowest BCUT2D eigenvalue weighted by Crippen LogP contribution is -1.97. The van der Waals surface area contributed by atoms with Crippen molar-refractivity contribution in [3.05, 3.63) is 146 Å². The maximum Gasteiger partial charge on any atom is 0.160 e. The Balaban J connectivity index is 1.35. The van der Waals surface area contributed by atoms with Gasteiger partial charge in [-0.3, -0.25) is 4.98 Å². The Morgan fingerprint density at radius 3 is 2.02 bits per heavy atom. The number of rotatable bonds is 4. The van der Waals surface area contributed by atoms with Crippen molar-refractivity contribution in [3.8, 4) is 45.3 Å². The van der Waals surface area contributed by atoms with E-state index in [-0.39, 0.29) is 0 Å². The van der Waals surface area contributed by atoms with E-state index in [1.165, 1.54) is 16.2 Å². The number of aromatic nitrogens is 4. The number of nitrogens with zero attached hydrogens (tertiary/aromatic N) is 4. The lowest BCUT2D eigenvalue weighted by Gasteiger charge is -2.14. The highest BCUT2D eigenvalue weighted by Gasteiger charge is 2.15. The number of hydrogen-bond donors (Lipinski definition) is 0. The van der Waals surface area contributed by atoms with Crippen molar-refractivity contribution in [3.63, 3.8) is 0 Å². The van der Waals surface area contributed by atoms with Gasteiger partial charge >= 0.3 is 0 Å². The highest BCUT2D eigenvalue weighted by Crippen LogP contribution is 2.38. The molecule has 0 unspecified atom stereocenters. The summed E-state index contributed by atoms with van der Waals surface area (Å²) in [5, 5.41) is 5.97. The van der Waals surface area contributed by atoms with Gasteiger partial charge < -0.3 is 0 Å². The van der Waals surface area contributed by atoms with E-state index in [9.17, 15) is 0 Å². The maximum absolute atomic E-state index is 5.20. The van der Waals surface area contributed by atoms with E-state index in [0.717, 1.165) is 55.8 Å². The molecule has 0 spiro atoms. The van der Waals surface area contributed by atoms with Crippen LogP contribution in [-0.4, -0.2) is 19.9 Å². The molecule has 3 aromatic heterocycles. The zero-order valence-electron chi connectivity index (χ0n) is 22.6. The third-order valence-electron chi connectivity index (χ3n) is 7.71. The normalized spacial score (nSPS) is 11.3. The van der Waals surface area contributed by atoms with Crippen molar-refractivity contribution < 1.29 is 0 Å². The van der Waals surface area contributed by atoms with Gasteiger partial charge in [-0.15, -0.1) is 0 Å². The fourth-order valence-electron chi connectivity index (χ4n) is 5.73. The summed E-state index contributed by atoms with van der Waals surface area (Å²) in [7, 11) is 0. The van der Waals surface area contributed by atoms with E-state index >= 15 is 0 Å². The Hall–Kier alpha value is -5.74. The van der Waals surface area contributed by atoms with E-state index in [2.05, 4.69) is 89.9 Å². The monoisotopic (exact) mass is 536 g/mol. The third kappa shape index (κ3) is 4.18. The lowest BCUT2D eigenvalue weighted by molar-refractivity contribution is 1.16. The van der Waals surface area contributed by atoms with Crippen molar-refractivity contribution in [1.82, 2.24) is 19.9 Å². The molecule has 0 bridgehead atoms. The summed E-state index contributed by atoms with van der Waals surface area (Å²) in [4.78, 5) is 19.7. The SMILES string of the molecule is c1ccc(-c2nc(-c3cccc(-c4nc5ccccc5c5c4ccc4ccccc45)c3)cc(-c3ccccn3)n2)cc1. The molecule has 42 heavy (non-hydrogen) atoms. The van der Waals surface area contributed by atoms with Gasteiger partial charge in [0.1, 0.15) is 0 Å². The molecule has 0 N–H and O–H groups in total. The van der Waals surface area contributed by atoms with Gasteiger partial charge in [-0.2, -0.15) is 0 Å². The summed E-state index contributed by atoms with van der Waals surface area (Å²) < 4.78 is 0. The highest BCUT2D eigenvalue weighted by atomic mass is 14.9. The summed E-state index contributed by atoms with van der Waals surface area (Å²) in [5.74, 6) is 0.667.